The number of aromatic nitrogens is 2. The van der Waals surface area contributed by atoms with Crippen molar-refractivity contribution in [3.63, 3.8) is 0 Å². The summed E-state index contributed by atoms with van der Waals surface area (Å²) in [5.74, 6) is 0.367. The zero-order valence-corrected chi connectivity index (χ0v) is 19.7. The molecular weight excluding hydrogens is 414 g/mol. The van der Waals surface area contributed by atoms with Crippen LogP contribution in [-0.4, -0.2) is 27.3 Å². The van der Waals surface area contributed by atoms with Crippen molar-refractivity contribution < 1.29 is 4.79 Å². The highest BCUT2D eigenvalue weighted by molar-refractivity contribution is 8.00. The lowest BCUT2D eigenvalue weighted by Gasteiger charge is -2.22. The van der Waals surface area contributed by atoms with E-state index >= 15 is 0 Å². The first kappa shape index (κ1) is 21.1. The number of carbonyl (C=O) groups is 1. The van der Waals surface area contributed by atoms with Crippen molar-refractivity contribution >= 4 is 44.9 Å². The van der Waals surface area contributed by atoms with Crippen molar-refractivity contribution in [3.8, 4) is 0 Å². The first-order chi connectivity index (χ1) is 14.3. The number of rotatable bonds is 5. The highest BCUT2D eigenvalue weighted by Crippen LogP contribution is 2.33. The Balaban J connectivity index is 1.69. The van der Waals surface area contributed by atoms with E-state index in [9.17, 15) is 9.59 Å². The monoisotopic (exact) mass is 441 g/mol. The van der Waals surface area contributed by atoms with Gasteiger partial charge in [-0.2, -0.15) is 0 Å². The molecule has 0 aliphatic carbocycles. The van der Waals surface area contributed by atoms with E-state index in [4.69, 9.17) is 4.98 Å². The molecule has 158 valence electrons. The summed E-state index contributed by atoms with van der Waals surface area (Å²) in [6.07, 6.45) is 0.884. The van der Waals surface area contributed by atoms with Crippen molar-refractivity contribution in [1.82, 2.24) is 9.55 Å². The van der Waals surface area contributed by atoms with Gasteiger partial charge in [0.15, 0.2) is 5.16 Å². The molecule has 7 heteroatoms. The highest BCUT2D eigenvalue weighted by atomic mass is 32.2. The van der Waals surface area contributed by atoms with Crippen LogP contribution in [-0.2, 0) is 17.8 Å². The lowest BCUT2D eigenvalue weighted by atomic mass is 10.2. The van der Waals surface area contributed by atoms with Crippen LogP contribution in [0, 0.1) is 19.8 Å². The fraction of sp³-hybridized carbons (Fsp3) is 0.435. The standard InChI is InChI=1S/C23H27N3O2S2/c1-13(2)12-26-22(28)19-14(3)15(4)29-20(19)24-23(26)30-16(5)21(27)25-11-10-17-8-6-7-9-18(17)25/h6-9,13,16H,10-12H2,1-5H3. The topological polar surface area (TPSA) is 55.2 Å². The number of hydrogen-bond donors (Lipinski definition) is 0. The molecule has 1 aromatic carbocycles. The maximum absolute atomic E-state index is 13.3. The molecule has 5 nitrogen and oxygen atoms in total. The van der Waals surface area contributed by atoms with Gasteiger partial charge in [-0.1, -0.05) is 43.8 Å². The fourth-order valence-electron chi connectivity index (χ4n) is 3.92. The van der Waals surface area contributed by atoms with Gasteiger partial charge in [0.2, 0.25) is 5.91 Å². The number of nitrogens with zero attached hydrogens (tertiary/aromatic N) is 3. The van der Waals surface area contributed by atoms with Gasteiger partial charge in [0.05, 0.1) is 10.6 Å². The zero-order chi connectivity index (χ0) is 21.6. The van der Waals surface area contributed by atoms with Crippen molar-refractivity contribution in [2.24, 2.45) is 5.92 Å². The van der Waals surface area contributed by atoms with Gasteiger partial charge < -0.3 is 4.90 Å². The summed E-state index contributed by atoms with van der Waals surface area (Å²) in [5, 5.41) is 1.02. The predicted octanol–water partition coefficient (Wildman–Crippen LogP) is 4.80. The van der Waals surface area contributed by atoms with Crippen LogP contribution in [0.4, 0.5) is 5.69 Å². The molecule has 1 aliphatic heterocycles. The molecule has 0 saturated carbocycles. The zero-order valence-electron chi connectivity index (χ0n) is 18.1. The number of anilines is 1. The molecule has 0 N–H and O–H groups in total. The number of aryl methyl sites for hydroxylation is 2. The largest absolute Gasteiger partial charge is 0.311 e. The summed E-state index contributed by atoms with van der Waals surface area (Å²) in [5.41, 5.74) is 3.23. The Morgan fingerprint density at radius 3 is 2.70 bits per heavy atom. The molecule has 1 amide bonds. The van der Waals surface area contributed by atoms with Gasteiger partial charge in [-0.3, -0.25) is 14.2 Å². The second-order valence-corrected chi connectivity index (χ2v) is 10.8. The minimum Gasteiger partial charge on any atom is -0.311 e. The number of benzene rings is 1. The van der Waals surface area contributed by atoms with Gasteiger partial charge in [-0.05, 0) is 50.3 Å². The second kappa shape index (κ2) is 8.19. The lowest BCUT2D eigenvalue weighted by molar-refractivity contribution is -0.117. The average Bonchev–Trinajstić information content (AvgIpc) is 3.25. The summed E-state index contributed by atoms with van der Waals surface area (Å²) in [4.78, 5) is 35.1. The van der Waals surface area contributed by atoms with Crippen LogP contribution in [0.1, 0.15) is 36.8 Å². The van der Waals surface area contributed by atoms with Crippen LogP contribution in [0.15, 0.2) is 34.2 Å². The molecular formula is C23H27N3O2S2. The van der Waals surface area contributed by atoms with Crippen LogP contribution in [0.25, 0.3) is 10.2 Å². The number of thiophene rings is 1. The molecule has 3 heterocycles. The van der Waals surface area contributed by atoms with Gasteiger partial charge in [0.1, 0.15) is 4.83 Å². The first-order valence-electron chi connectivity index (χ1n) is 10.3. The quantitative estimate of drug-likeness (QED) is 0.422. The van der Waals surface area contributed by atoms with Crippen molar-refractivity contribution in [2.75, 3.05) is 11.4 Å². The number of fused-ring (bicyclic) bond motifs is 2. The van der Waals surface area contributed by atoms with Crippen LogP contribution in [0.5, 0.6) is 0 Å². The highest BCUT2D eigenvalue weighted by Gasteiger charge is 2.29. The minimum absolute atomic E-state index is 0.00390. The number of amides is 1. The van der Waals surface area contributed by atoms with Crippen molar-refractivity contribution in [1.29, 1.82) is 0 Å². The Morgan fingerprint density at radius 1 is 1.23 bits per heavy atom. The molecule has 3 aromatic rings. The van der Waals surface area contributed by atoms with Crippen LogP contribution in [0.2, 0.25) is 0 Å². The van der Waals surface area contributed by atoms with Crippen LogP contribution in [0.3, 0.4) is 0 Å². The Bertz CT molecular complexity index is 1180. The summed E-state index contributed by atoms with van der Waals surface area (Å²) in [6.45, 7) is 11.4. The summed E-state index contributed by atoms with van der Waals surface area (Å²) < 4.78 is 1.76. The van der Waals surface area contributed by atoms with E-state index in [0.717, 1.165) is 32.8 Å². The number of hydrogen-bond acceptors (Lipinski definition) is 5. The maximum atomic E-state index is 13.3. The van der Waals surface area contributed by atoms with Crippen molar-refractivity contribution in [2.45, 2.75) is 58.0 Å². The van der Waals surface area contributed by atoms with E-state index in [1.54, 1.807) is 15.9 Å². The lowest BCUT2D eigenvalue weighted by Crippen LogP contribution is -2.36. The van der Waals surface area contributed by atoms with Gasteiger partial charge in [0, 0.05) is 23.7 Å². The summed E-state index contributed by atoms with van der Waals surface area (Å²) in [7, 11) is 0. The molecule has 0 fully saturated rings. The van der Waals surface area contributed by atoms with Crippen molar-refractivity contribution in [3.05, 3.63) is 50.6 Å². The Morgan fingerprint density at radius 2 is 1.97 bits per heavy atom. The van der Waals surface area contributed by atoms with E-state index in [1.165, 1.54) is 17.3 Å². The minimum atomic E-state index is -0.332. The molecule has 2 aromatic heterocycles. The number of thioether (sulfide) groups is 1. The van der Waals surface area contributed by atoms with Gasteiger partial charge in [-0.25, -0.2) is 4.98 Å². The molecule has 0 spiro atoms. The van der Waals surface area contributed by atoms with E-state index in [2.05, 4.69) is 19.9 Å². The Kier molecular flexibility index (Phi) is 5.77. The molecule has 1 unspecified atom stereocenters. The van der Waals surface area contributed by atoms with Crippen LogP contribution >= 0.6 is 23.1 Å². The summed E-state index contributed by atoms with van der Waals surface area (Å²) >= 11 is 2.95. The molecule has 0 bridgehead atoms. The van der Waals surface area contributed by atoms with Gasteiger partial charge in [0.25, 0.3) is 5.56 Å². The maximum Gasteiger partial charge on any atom is 0.263 e. The third-order valence-corrected chi connectivity index (χ3v) is 7.76. The third kappa shape index (κ3) is 3.69. The number of carbonyl (C=O) groups excluding carboxylic acids is 1. The number of para-hydroxylation sites is 1. The molecule has 1 atom stereocenters. The molecule has 0 saturated heterocycles. The Labute approximate surface area is 185 Å². The molecule has 30 heavy (non-hydrogen) atoms. The Hall–Kier alpha value is -2.12. The first-order valence-corrected chi connectivity index (χ1v) is 12.0. The van der Waals surface area contributed by atoms with E-state index in [-0.39, 0.29) is 16.7 Å². The average molecular weight is 442 g/mol. The van der Waals surface area contributed by atoms with E-state index in [0.29, 0.717) is 24.2 Å². The van der Waals surface area contributed by atoms with Gasteiger partial charge in [-0.15, -0.1) is 11.3 Å². The molecule has 1 aliphatic rings. The van der Waals surface area contributed by atoms with E-state index in [1.807, 2.05) is 43.9 Å². The normalized spacial score (nSPS) is 14.5. The molecule has 4 rings (SSSR count). The van der Waals surface area contributed by atoms with Gasteiger partial charge >= 0.3 is 0 Å². The second-order valence-electron chi connectivity index (χ2n) is 8.30. The smallest absolute Gasteiger partial charge is 0.263 e. The van der Waals surface area contributed by atoms with E-state index < -0.39 is 0 Å². The molecule has 0 radical (unpaired) electrons. The fourth-order valence-corrected chi connectivity index (χ4v) is 5.97. The van der Waals surface area contributed by atoms with Crippen LogP contribution < -0.4 is 10.5 Å². The predicted molar refractivity (Wildman–Crippen MR) is 126 cm³/mol. The SMILES string of the molecule is Cc1sc2nc(SC(C)C(=O)N3CCc4ccccc43)n(CC(C)C)c(=O)c2c1C. The summed E-state index contributed by atoms with van der Waals surface area (Å²) in [6, 6.07) is 8.07. The third-order valence-electron chi connectivity index (χ3n) is 5.58.